The molecular weight excluding hydrogens is 485 g/mol. The van der Waals surface area contributed by atoms with Gasteiger partial charge in [-0.1, -0.05) is 6.92 Å². The average molecular weight is 501 g/mol. The summed E-state index contributed by atoms with van der Waals surface area (Å²) in [6.07, 6.45) is -14.5. The molecule has 0 aromatic heterocycles. The van der Waals surface area contributed by atoms with Crippen LogP contribution in [0.15, 0.2) is 0 Å². The summed E-state index contributed by atoms with van der Waals surface area (Å²) in [4.78, 5) is 37.4. The monoisotopic (exact) mass is 501 g/mol. The van der Waals surface area contributed by atoms with E-state index in [4.69, 9.17) is 40.8 Å². The summed E-state index contributed by atoms with van der Waals surface area (Å²) in [7, 11) is 0. The maximum absolute atomic E-state index is 10.7. The summed E-state index contributed by atoms with van der Waals surface area (Å²) in [6, 6.07) is 0. The van der Waals surface area contributed by atoms with Crippen LogP contribution in [0.1, 0.15) is 13.3 Å². The summed E-state index contributed by atoms with van der Waals surface area (Å²) >= 11 is 0. The summed E-state index contributed by atoms with van der Waals surface area (Å²) in [5.74, 6) is -8.88. The van der Waals surface area contributed by atoms with Gasteiger partial charge in [0.05, 0.1) is 6.61 Å². The molecule has 0 rings (SSSR count). The van der Waals surface area contributed by atoms with Gasteiger partial charge in [0.1, 0.15) is 6.54 Å². The van der Waals surface area contributed by atoms with Gasteiger partial charge in [0.2, 0.25) is 0 Å². The fourth-order valence-electron chi connectivity index (χ4n) is 0.434. The van der Waals surface area contributed by atoms with Gasteiger partial charge in [-0.05, 0) is 6.42 Å². The first kappa shape index (κ1) is 35.9. The van der Waals surface area contributed by atoms with E-state index in [0.29, 0.717) is 6.61 Å². The SMILES string of the molecule is CCCOC(=O)CNC(=N)N.O=C(O)C(F)(F)F.O=C(O)C(F)(F)F.O=C(O)C(F)(F)F. The van der Waals surface area contributed by atoms with Gasteiger partial charge in [-0.2, -0.15) is 39.5 Å². The Hall–Kier alpha value is -3.48. The van der Waals surface area contributed by atoms with Crippen molar-refractivity contribution in [2.45, 2.75) is 31.9 Å². The molecule has 0 aromatic carbocycles. The summed E-state index contributed by atoms with van der Waals surface area (Å²) in [5, 5.41) is 30.4. The van der Waals surface area contributed by atoms with Crippen molar-refractivity contribution in [3.63, 3.8) is 0 Å². The predicted molar refractivity (Wildman–Crippen MR) is 82.2 cm³/mol. The Bertz CT molecular complexity index is 561. The zero-order valence-corrected chi connectivity index (χ0v) is 15.5. The average Bonchev–Trinajstić information content (AvgIpc) is 2.57. The number of rotatable bonds is 4. The molecule has 7 N–H and O–H groups in total. The minimum absolute atomic E-state index is 0.0324. The summed E-state index contributed by atoms with van der Waals surface area (Å²) < 4.78 is 99.9. The molecule has 0 heterocycles. The quantitative estimate of drug-likeness (QED) is 0.141. The number of hydrogen-bond donors (Lipinski definition) is 6. The van der Waals surface area contributed by atoms with Crippen LogP contribution < -0.4 is 11.1 Å². The van der Waals surface area contributed by atoms with E-state index in [9.17, 15) is 44.3 Å². The number of halogens is 9. The molecule has 0 atom stereocenters. The topological polar surface area (TPSA) is 200 Å². The third-order valence-corrected chi connectivity index (χ3v) is 1.62. The third kappa shape index (κ3) is 31.2. The van der Waals surface area contributed by atoms with E-state index in [2.05, 4.69) is 10.1 Å². The molecule has 11 nitrogen and oxygen atoms in total. The number of hydrogen-bond acceptors (Lipinski definition) is 6. The van der Waals surface area contributed by atoms with Gasteiger partial charge in [-0.3, -0.25) is 10.2 Å². The van der Waals surface area contributed by atoms with Crippen LogP contribution >= 0.6 is 0 Å². The van der Waals surface area contributed by atoms with Crippen molar-refractivity contribution in [2.75, 3.05) is 13.2 Å². The van der Waals surface area contributed by atoms with Crippen LogP contribution in [0.2, 0.25) is 0 Å². The van der Waals surface area contributed by atoms with Crippen LogP contribution in [0, 0.1) is 5.41 Å². The number of aliphatic carboxylic acids is 3. The fourth-order valence-corrected chi connectivity index (χ4v) is 0.434. The minimum atomic E-state index is -5.08. The number of guanidine groups is 1. The molecule has 0 bridgehead atoms. The lowest BCUT2D eigenvalue weighted by molar-refractivity contribution is -0.193. The van der Waals surface area contributed by atoms with Crippen molar-refractivity contribution in [2.24, 2.45) is 5.73 Å². The zero-order chi connectivity index (χ0) is 26.9. The summed E-state index contributed by atoms with van der Waals surface area (Å²) in [6.45, 7) is 2.29. The molecule has 0 aliphatic carbocycles. The van der Waals surface area contributed by atoms with E-state index in [0.717, 1.165) is 6.42 Å². The predicted octanol–water partition coefficient (Wildman–Crippen LogP) is 1.32. The van der Waals surface area contributed by atoms with Crippen molar-refractivity contribution in [1.29, 1.82) is 5.41 Å². The first-order valence-electron chi connectivity index (χ1n) is 7.13. The molecule has 0 saturated heterocycles. The molecular formula is C12H16F9N3O8. The Morgan fingerprint density at radius 3 is 1.22 bits per heavy atom. The van der Waals surface area contributed by atoms with E-state index >= 15 is 0 Å². The van der Waals surface area contributed by atoms with Crippen LogP contribution in [0.3, 0.4) is 0 Å². The van der Waals surface area contributed by atoms with Crippen LogP contribution in [-0.2, 0) is 23.9 Å². The van der Waals surface area contributed by atoms with Gasteiger partial charge >= 0.3 is 42.4 Å². The van der Waals surface area contributed by atoms with Crippen molar-refractivity contribution >= 4 is 29.8 Å². The van der Waals surface area contributed by atoms with Gasteiger partial charge in [-0.15, -0.1) is 0 Å². The van der Waals surface area contributed by atoms with E-state index in [1.807, 2.05) is 6.92 Å². The number of carbonyl (C=O) groups excluding carboxylic acids is 1. The van der Waals surface area contributed by atoms with E-state index < -0.39 is 36.4 Å². The third-order valence-electron chi connectivity index (χ3n) is 1.62. The van der Waals surface area contributed by atoms with Gasteiger partial charge in [0.15, 0.2) is 5.96 Å². The number of ether oxygens (including phenoxy) is 1. The molecule has 190 valence electrons. The first-order valence-corrected chi connectivity index (χ1v) is 7.13. The molecule has 0 aliphatic rings. The van der Waals surface area contributed by atoms with Gasteiger partial charge < -0.3 is 31.1 Å². The molecule has 0 spiro atoms. The second-order valence-corrected chi connectivity index (χ2v) is 4.40. The van der Waals surface area contributed by atoms with Crippen LogP contribution in [0.4, 0.5) is 39.5 Å². The Balaban J connectivity index is -0.000000167. The van der Waals surface area contributed by atoms with Crippen LogP contribution in [0.5, 0.6) is 0 Å². The number of nitrogens with two attached hydrogens (primary N) is 1. The zero-order valence-electron chi connectivity index (χ0n) is 15.5. The molecule has 32 heavy (non-hydrogen) atoms. The number of alkyl halides is 9. The van der Waals surface area contributed by atoms with E-state index in [1.54, 1.807) is 0 Å². The van der Waals surface area contributed by atoms with Crippen molar-refractivity contribution in [3.8, 4) is 0 Å². The molecule has 0 unspecified atom stereocenters. The lowest BCUT2D eigenvalue weighted by atomic mass is 10.5. The van der Waals surface area contributed by atoms with Crippen molar-refractivity contribution in [1.82, 2.24) is 5.32 Å². The Morgan fingerprint density at radius 2 is 1.06 bits per heavy atom. The highest BCUT2D eigenvalue weighted by atomic mass is 19.4. The highest BCUT2D eigenvalue weighted by molar-refractivity contribution is 5.80. The molecule has 0 fully saturated rings. The van der Waals surface area contributed by atoms with Crippen LogP contribution in [-0.4, -0.2) is 76.8 Å². The Labute approximate surface area is 171 Å². The number of carboxylic acid groups (broad SMARTS) is 3. The lowest BCUT2D eigenvalue weighted by Gasteiger charge is -2.03. The molecule has 20 heteroatoms. The molecule has 0 saturated carbocycles. The minimum Gasteiger partial charge on any atom is -0.475 e. The Morgan fingerprint density at radius 1 is 0.812 bits per heavy atom. The second kappa shape index (κ2) is 16.2. The highest BCUT2D eigenvalue weighted by Gasteiger charge is 2.39. The smallest absolute Gasteiger partial charge is 0.475 e. The van der Waals surface area contributed by atoms with Gasteiger partial charge in [0.25, 0.3) is 0 Å². The standard InChI is InChI=1S/C6H13N3O2.3C2HF3O2/c1-2-3-11-5(10)4-9-6(7)8;3*3-2(4,5)1(6)7/h2-4H2,1H3,(H4,7,8,9);3*(H,6,7). The van der Waals surface area contributed by atoms with Gasteiger partial charge in [0, 0.05) is 0 Å². The van der Waals surface area contributed by atoms with E-state index in [1.165, 1.54) is 0 Å². The molecule has 0 aliphatic heterocycles. The largest absolute Gasteiger partial charge is 0.490 e. The fraction of sp³-hybridized carbons (Fsp3) is 0.583. The number of carbonyl (C=O) groups is 4. The molecule has 0 aromatic rings. The van der Waals surface area contributed by atoms with E-state index in [-0.39, 0.29) is 18.5 Å². The van der Waals surface area contributed by atoms with Crippen molar-refractivity contribution in [3.05, 3.63) is 0 Å². The summed E-state index contributed by atoms with van der Waals surface area (Å²) in [5.41, 5.74) is 4.93. The number of carboxylic acids is 3. The maximum Gasteiger partial charge on any atom is 0.490 e. The normalized spacial score (nSPS) is 10.4. The van der Waals surface area contributed by atoms with Crippen LogP contribution in [0.25, 0.3) is 0 Å². The first-order chi connectivity index (χ1) is 14.0. The van der Waals surface area contributed by atoms with Crippen molar-refractivity contribution < 1.29 is 78.7 Å². The number of nitrogens with one attached hydrogen (secondary N) is 2. The molecule has 0 radical (unpaired) electrons. The maximum atomic E-state index is 10.7. The lowest BCUT2D eigenvalue weighted by Crippen LogP contribution is -2.35. The highest BCUT2D eigenvalue weighted by Crippen LogP contribution is 2.14. The molecule has 0 amide bonds. The second-order valence-electron chi connectivity index (χ2n) is 4.40. The number of esters is 1. The Kier molecular flexibility index (Phi) is 18.2. The van der Waals surface area contributed by atoms with Gasteiger partial charge in [-0.25, -0.2) is 14.4 Å².